The van der Waals surface area contributed by atoms with Crippen LogP contribution in [0.5, 0.6) is 0 Å². The molecule has 2 aromatic carbocycles. The Morgan fingerprint density at radius 3 is 2.54 bits per heavy atom. The largest absolute Gasteiger partial charge is 0.395 e. The van der Waals surface area contributed by atoms with Gasteiger partial charge in [0, 0.05) is 56.0 Å². The fourth-order valence-electron chi connectivity index (χ4n) is 4.27. The maximum Gasteiger partial charge on any atom is 0.249 e. The third-order valence-corrected chi connectivity index (χ3v) is 5.78. The molecule has 4 N–H and O–H groups in total. The van der Waals surface area contributed by atoms with Crippen LogP contribution in [0.15, 0.2) is 36.4 Å². The maximum atomic E-state index is 11.8. The van der Waals surface area contributed by atoms with E-state index in [1.807, 2.05) is 12.1 Å². The Labute approximate surface area is 165 Å². The molecule has 2 aromatic rings. The number of hydrogen-bond donors (Lipinski definition) is 3. The number of amides is 1. The molecule has 1 fully saturated rings. The van der Waals surface area contributed by atoms with Crippen LogP contribution >= 0.6 is 0 Å². The van der Waals surface area contributed by atoms with E-state index in [0.717, 1.165) is 56.0 Å². The summed E-state index contributed by atoms with van der Waals surface area (Å²) < 4.78 is 0. The molecule has 6 heteroatoms. The van der Waals surface area contributed by atoms with Crippen LogP contribution in [0.4, 0.5) is 0 Å². The van der Waals surface area contributed by atoms with Crippen LogP contribution in [0.25, 0.3) is 0 Å². The van der Waals surface area contributed by atoms with Gasteiger partial charge in [-0.25, -0.2) is 0 Å². The van der Waals surface area contributed by atoms with E-state index in [1.165, 1.54) is 5.56 Å². The third-order valence-electron chi connectivity index (χ3n) is 5.78. The van der Waals surface area contributed by atoms with Crippen molar-refractivity contribution in [3.05, 3.63) is 69.8 Å². The zero-order valence-corrected chi connectivity index (χ0v) is 15.9. The molecule has 28 heavy (non-hydrogen) atoms. The molecule has 0 bridgehead atoms. The van der Waals surface area contributed by atoms with Gasteiger partial charge in [-0.05, 0) is 35.2 Å². The molecule has 0 saturated carbocycles. The molecule has 1 aliphatic heterocycles. The number of hydrogen-bond acceptors (Lipinski definition) is 5. The number of β-amino-alcohol motifs (C(OH)–C–C–N with tert-alkyl or cyclic N) is 1. The van der Waals surface area contributed by atoms with Gasteiger partial charge >= 0.3 is 0 Å². The molecule has 0 unspecified atom stereocenters. The number of aliphatic hydroxyl groups excluding tert-OH is 1. The normalized spacial score (nSPS) is 17.2. The molecule has 1 heterocycles. The average Bonchev–Trinajstić information content (AvgIpc) is 2.70. The number of fused-ring (bicyclic) bond motifs is 2. The fraction of sp³-hybridized carbons (Fsp3) is 0.364. The number of carbonyl (C=O) groups is 1. The average molecular weight is 378 g/mol. The second-order valence-electron chi connectivity index (χ2n) is 7.59. The lowest BCUT2D eigenvalue weighted by molar-refractivity contribution is 0.1000. The van der Waals surface area contributed by atoms with Crippen molar-refractivity contribution < 1.29 is 9.90 Å². The quantitative estimate of drug-likeness (QED) is 0.622. The number of primary amides is 1. The third kappa shape index (κ3) is 3.58. The van der Waals surface area contributed by atoms with E-state index in [0.29, 0.717) is 23.3 Å². The maximum absolute atomic E-state index is 11.8. The molecule has 4 rings (SSSR count). The van der Waals surface area contributed by atoms with Gasteiger partial charge in [-0.1, -0.05) is 24.3 Å². The van der Waals surface area contributed by atoms with Crippen molar-refractivity contribution in [2.45, 2.75) is 13.0 Å². The number of aliphatic hydroxyl groups is 1. The van der Waals surface area contributed by atoms with Crippen molar-refractivity contribution in [1.29, 1.82) is 5.41 Å². The highest BCUT2D eigenvalue weighted by Crippen LogP contribution is 2.30. The number of benzene rings is 2. The Bertz CT molecular complexity index is 917. The Morgan fingerprint density at radius 2 is 1.82 bits per heavy atom. The number of rotatable bonds is 5. The summed E-state index contributed by atoms with van der Waals surface area (Å²) in [7, 11) is 0. The number of carbonyl (C=O) groups excluding carboxylic acids is 1. The zero-order valence-electron chi connectivity index (χ0n) is 15.9. The molecule has 1 aliphatic carbocycles. The van der Waals surface area contributed by atoms with Gasteiger partial charge in [-0.3, -0.25) is 20.0 Å². The molecule has 6 nitrogen and oxygen atoms in total. The van der Waals surface area contributed by atoms with E-state index in [4.69, 9.17) is 16.2 Å². The van der Waals surface area contributed by atoms with Crippen molar-refractivity contribution in [2.24, 2.45) is 5.73 Å². The Morgan fingerprint density at radius 1 is 1.07 bits per heavy atom. The van der Waals surface area contributed by atoms with Crippen LogP contribution in [0.3, 0.4) is 0 Å². The second kappa shape index (κ2) is 7.83. The topological polar surface area (TPSA) is 93.7 Å². The van der Waals surface area contributed by atoms with E-state index >= 15 is 0 Å². The van der Waals surface area contributed by atoms with E-state index in [2.05, 4.69) is 28.0 Å². The molecule has 2 aliphatic rings. The molecule has 146 valence electrons. The summed E-state index contributed by atoms with van der Waals surface area (Å²) in [6, 6.07) is 11.9. The lowest BCUT2D eigenvalue weighted by Crippen LogP contribution is -2.46. The predicted octanol–water partition coefficient (Wildman–Crippen LogP) is 1.22. The van der Waals surface area contributed by atoms with Crippen molar-refractivity contribution in [3.63, 3.8) is 0 Å². The Kier molecular flexibility index (Phi) is 5.26. The molecule has 1 amide bonds. The standard InChI is InChI=1S/C22H26N4O2/c23-21-19-12-15(14-26-8-6-25(7-9-26)10-11-27)4-5-16(19)13-17-2-1-3-18(20(17)21)22(24)28/h1-5,12,23,27H,6-11,13-14H2,(H2,24,28). The molecule has 0 radical (unpaired) electrons. The summed E-state index contributed by atoms with van der Waals surface area (Å²) in [6.45, 7) is 5.69. The van der Waals surface area contributed by atoms with Crippen LogP contribution in [0.1, 0.15) is 38.2 Å². The van der Waals surface area contributed by atoms with Crippen molar-refractivity contribution in [3.8, 4) is 0 Å². The molecule has 0 spiro atoms. The van der Waals surface area contributed by atoms with Gasteiger partial charge in [0.15, 0.2) is 0 Å². The van der Waals surface area contributed by atoms with Crippen molar-refractivity contribution in [2.75, 3.05) is 39.3 Å². The summed E-state index contributed by atoms with van der Waals surface area (Å²) in [4.78, 5) is 16.5. The minimum Gasteiger partial charge on any atom is -0.395 e. The SMILES string of the molecule is N=C1c2cc(CN3CCN(CCO)CC3)ccc2Cc2cccc(C(N)=O)c21. The number of nitrogens with two attached hydrogens (primary N) is 1. The lowest BCUT2D eigenvalue weighted by Gasteiger charge is -2.34. The van der Waals surface area contributed by atoms with Crippen LogP contribution in [0.2, 0.25) is 0 Å². The van der Waals surface area contributed by atoms with Gasteiger partial charge in [0.1, 0.15) is 0 Å². The zero-order chi connectivity index (χ0) is 19.7. The minimum atomic E-state index is -0.484. The van der Waals surface area contributed by atoms with Gasteiger partial charge in [0.05, 0.1) is 12.3 Å². The van der Waals surface area contributed by atoms with E-state index in [1.54, 1.807) is 6.07 Å². The van der Waals surface area contributed by atoms with E-state index in [-0.39, 0.29) is 6.61 Å². The minimum absolute atomic E-state index is 0.210. The van der Waals surface area contributed by atoms with Crippen LogP contribution in [0, 0.1) is 5.41 Å². The van der Waals surface area contributed by atoms with Gasteiger partial charge in [-0.15, -0.1) is 0 Å². The fourth-order valence-corrected chi connectivity index (χ4v) is 4.27. The van der Waals surface area contributed by atoms with E-state index < -0.39 is 5.91 Å². The highest BCUT2D eigenvalue weighted by Gasteiger charge is 2.25. The first-order valence-corrected chi connectivity index (χ1v) is 9.75. The predicted molar refractivity (Wildman–Crippen MR) is 109 cm³/mol. The van der Waals surface area contributed by atoms with Crippen molar-refractivity contribution >= 4 is 11.6 Å². The van der Waals surface area contributed by atoms with Gasteiger partial charge in [0.2, 0.25) is 5.91 Å². The van der Waals surface area contributed by atoms with Crippen LogP contribution in [-0.4, -0.2) is 65.9 Å². The van der Waals surface area contributed by atoms with Gasteiger partial charge in [-0.2, -0.15) is 0 Å². The highest BCUT2D eigenvalue weighted by atomic mass is 16.3. The second-order valence-corrected chi connectivity index (χ2v) is 7.59. The Hall–Kier alpha value is -2.54. The highest BCUT2D eigenvalue weighted by molar-refractivity contribution is 6.19. The number of nitrogens with zero attached hydrogens (tertiary/aromatic N) is 2. The first kappa shape index (κ1) is 18.8. The van der Waals surface area contributed by atoms with Gasteiger partial charge in [0.25, 0.3) is 0 Å². The van der Waals surface area contributed by atoms with Crippen LogP contribution < -0.4 is 5.73 Å². The smallest absolute Gasteiger partial charge is 0.249 e. The summed E-state index contributed by atoms with van der Waals surface area (Å²) in [5.74, 6) is -0.484. The first-order chi connectivity index (χ1) is 13.6. The molecule has 0 atom stereocenters. The lowest BCUT2D eigenvalue weighted by atomic mass is 9.81. The first-order valence-electron chi connectivity index (χ1n) is 9.75. The summed E-state index contributed by atoms with van der Waals surface area (Å²) in [6.07, 6.45) is 0.717. The molecule has 1 saturated heterocycles. The number of nitrogens with one attached hydrogen (secondary N) is 1. The summed E-state index contributed by atoms with van der Waals surface area (Å²) in [5, 5.41) is 17.8. The van der Waals surface area contributed by atoms with Gasteiger partial charge < -0.3 is 10.8 Å². The summed E-state index contributed by atoms with van der Waals surface area (Å²) in [5.41, 5.74) is 11.2. The van der Waals surface area contributed by atoms with Crippen molar-refractivity contribution in [1.82, 2.24) is 9.80 Å². The monoisotopic (exact) mass is 378 g/mol. The molecular weight excluding hydrogens is 352 g/mol. The van der Waals surface area contributed by atoms with E-state index in [9.17, 15) is 4.79 Å². The number of piperazine rings is 1. The van der Waals surface area contributed by atoms with Crippen LogP contribution in [-0.2, 0) is 13.0 Å². The molecule has 0 aromatic heterocycles. The molecular formula is C22H26N4O2. The Balaban J connectivity index is 1.54. The summed E-state index contributed by atoms with van der Waals surface area (Å²) >= 11 is 0.